The zero-order valence-electron chi connectivity index (χ0n) is 29.9. The highest BCUT2D eigenvalue weighted by Gasteiger charge is 2.65. The highest BCUT2D eigenvalue weighted by molar-refractivity contribution is 5.71. The quantitative estimate of drug-likeness (QED) is 0.114. The van der Waals surface area contributed by atoms with Crippen molar-refractivity contribution in [2.75, 3.05) is 32.8 Å². The highest BCUT2D eigenvalue weighted by Crippen LogP contribution is 2.67. The monoisotopic (exact) mass is 680 g/mol. The van der Waals surface area contributed by atoms with Crippen molar-refractivity contribution in [2.24, 2.45) is 63.4 Å². The first-order chi connectivity index (χ1) is 22.9. The van der Waals surface area contributed by atoms with Gasteiger partial charge in [-0.15, -0.1) is 0 Å². The fourth-order valence-corrected chi connectivity index (χ4v) is 9.57. The van der Waals surface area contributed by atoms with E-state index in [1.54, 1.807) is 0 Å². The fraction of sp³-hybridized carbons (Fsp3) is 0.889. The van der Waals surface area contributed by atoms with Crippen LogP contribution in [0.1, 0.15) is 111 Å². The van der Waals surface area contributed by atoms with Crippen molar-refractivity contribution in [3.8, 4) is 0 Å². The molecule has 3 fully saturated rings. The van der Waals surface area contributed by atoms with Gasteiger partial charge in [0.2, 0.25) is 0 Å². The van der Waals surface area contributed by atoms with Crippen LogP contribution in [0.4, 0.5) is 0 Å². The van der Waals surface area contributed by atoms with Gasteiger partial charge in [0.1, 0.15) is 24.9 Å². The van der Waals surface area contributed by atoms with Gasteiger partial charge in [0, 0.05) is 43.9 Å². The predicted molar refractivity (Wildman–Crippen MR) is 182 cm³/mol. The number of rotatable bonds is 19. The van der Waals surface area contributed by atoms with E-state index in [0.29, 0.717) is 32.1 Å². The van der Waals surface area contributed by atoms with Gasteiger partial charge in [-0.1, -0.05) is 27.7 Å². The Labute approximate surface area is 287 Å². The summed E-state index contributed by atoms with van der Waals surface area (Å²) in [6, 6.07) is 0. The third kappa shape index (κ3) is 9.69. The van der Waals surface area contributed by atoms with Crippen molar-refractivity contribution < 1.29 is 38.1 Å². The van der Waals surface area contributed by atoms with E-state index < -0.39 is 5.41 Å². The molecule has 12 nitrogen and oxygen atoms in total. The summed E-state index contributed by atoms with van der Waals surface area (Å²) in [7, 11) is 0. The molecule has 0 aromatic rings. The standard InChI is InChI=1S/C36H64N4O8/c1-5-24(46-31(42)12-17-37)10-15-35(3)16-11-28(47-32(43)13-18-38)34-26-8-7-25(23(2)6-9-30(41)45-21-20-40)36(26,4)29(22-27(34)35)48-33(44)14-19-39/h23-29,34H,5-22,37-40H2,1-4H3/t23-,24+,25?,26+,27+,28-,29+,34?,35+,36?/m1/s1. The Kier molecular flexibility index (Phi) is 15.6. The van der Waals surface area contributed by atoms with Crippen LogP contribution in [-0.4, -0.2) is 75.0 Å². The van der Waals surface area contributed by atoms with Gasteiger partial charge in [-0.3, -0.25) is 19.2 Å². The molecule has 276 valence electrons. The Balaban J connectivity index is 1.97. The second-order valence-corrected chi connectivity index (χ2v) is 15.0. The fourth-order valence-electron chi connectivity index (χ4n) is 9.57. The van der Waals surface area contributed by atoms with Crippen molar-refractivity contribution in [2.45, 2.75) is 129 Å². The molecule has 3 aliphatic rings. The van der Waals surface area contributed by atoms with Crippen molar-refractivity contribution in [1.82, 2.24) is 0 Å². The number of carbonyl (C=O) groups excluding carboxylic acids is 4. The van der Waals surface area contributed by atoms with Crippen LogP contribution in [0.25, 0.3) is 0 Å². The van der Waals surface area contributed by atoms with Gasteiger partial charge >= 0.3 is 23.9 Å². The van der Waals surface area contributed by atoms with Gasteiger partial charge in [0.25, 0.3) is 0 Å². The number of carbonyl (C=O) groups is 4. The molecular weight excluding hydrogens is 616 g/mol. The lowest BCUT2D eigenvalue weighted by atomic mass is 9.46. The normalized spacial score (nSPS) is 32.3. The molecule has 0 aromatic heterocycles. The Hall–Kier alpha value is -2.28. The lowest BCUT2D eigenvalue weighted by Gasteiger charge is -2.61. The molecule has 3 aliphatic carbocycles. The van der Waals surface area contributed by atoms with Crippen LogP contribution < -0.4 is 22.9 Å². The minimum absolute atomic E-state index is 0.0616. The molecule has 10 atom stereocenters. The number of hydrogen-bond acceptors (Lipinski definition) is 12. The molecule has 12 heteroatoms. The average Bonchev–Trinajstić information content (AvgIpc) is 3.41. The van der Waals surface area contributed by atoms with E-state index >= 15 is 0 Å². The van der Waals surface area contributed by atoms with Gasteiger partial charge in [-0.25, -0.2) is 0 Å². The Bertz CT molecular complexity index is 1080. The molecule has 48 heavy (non-hydrogen) atoms. The van der Waals surface area contributed by atoms with E-state index in [0.717, 1.165) is 32.1 Å². The van der Waals surface area contributed by atoms with Gasteiger partial charge < -0.3 is 41.9 Å². The highest BCUT2D eigenvalue weighted by atomic mass is 16.6. The van der Waals surface area contributed by atoms with Crippen LogP contribution in [0.3, 0.4) is 0 Å². The van der Waals surface area contributed by atoms with Crippen LogP contribution in [0.2, 0.25) is 0 Å². The topological polar surface area (TPSA) is 209 Å². The summed E-state index contributed by atoms with van der Waals surface area (Å²) in [4.78, 5) is 50.7. The summed E-state index contributed by atoms with van der Waals surface area (Å²) in [5.41, 5.74) is 22.0. The minimum Gasteiger partial charge on any atom is -0.464 e. The SMILES string of the molecule is CC[C@@H](CC[C@@]1(C)CC[C@@H](OC(=O)CCN)C2[C@@H]3CCC([C@H](C)CCC(=O)OCCN)C3(C)[C@@H](OC(=O)CCN)C[C@@H]21)OC(=O)CCN. The first-order valence-electron chi connectivity index (χ1n) is 18.4. The summed E-state index contributed by atoms with van der Waals surface area (Å²) >= 11 is 0. The van der Waals surface area contributed by atoms with Crippen molar-refractivity contribution in [3.05, 3.63) is 0 Å². The first kappa shape index (κ1) is 40.2. The molecular formula is C36H64N4O8. The first-order valence-corrected chi connectivity index (χ1v) is 18.4. The van der Waals surface area contributed by atoms with Crippen LogP contribution in [-0.2, 0) is 38.1 Å². The maximum absolute atomic E-state index is 13.1. The van der Waals surface area contributed by atoms with Gasteiger partial charge in [0.05, 0.1) is 19.3 Å². The van der Waals surface area contributed by atoms with Crippen molar-refractivity contribution in [1.29, 1.82) is 0 Å². The summed E-state index contributed by atoms with van der Waals surface area (Å²) in [6.45, 7) is 9.95. The van der Waals surface area contributed by atoms with Crippen LogP contribution in [0, 0.1) is 40.4 Å². The number of esters is 4. The summed E-state index contributed by atoms with van der Waals surface area (Å²) < 4.78 is 23.7. The van der Waals surface area contributed by atoms with Crippen LogP contribution >= 0.6 is 0 Å². The number of fused-ring (bicyclic) bond motifs is 3. The molecule has 0 aromatic carbocycles. The molecule has 3 unspecified atom stereocenters. The molecule has 0 amide bonds. The molecule has 0 aliphatic heterocycles. The van der Waals surface area contributed by atoms with Crippen molar-refractivity contribution >= 4 is 23.9 Å². The van der Waals surface area contributed by atoms with Crippen molar-refractivity contribution in [3.63, 3.8) is 0 Å². The van der Waals surface area contributed by atoms with E-state index in [2.05, 4.69) is 20.8 Å². The van der Waals surface area contributed by atoms with E-state index in [9.17, 15) is 19.2 Å². The average molecular weight is 681 g/mol. The van der Waals surface area contributed by atoms with E-state index in [1.165, 1.54) is 0 Å². The second kappa shape index (κ2) is 18.6. The molecule has 3 saturated carbocycles. The Morgan fingerprint density at radius 1 is 0.771 bits per heavy atom. The van der Waals surface area contributed by atoms with Gasteiger partial charge in [0.15, 0.2) is 0 Å². The smallest absolute Gasteiger partial charge is 0.307 e. The predicted octanol–water partition coefficient (Wildman–Crippen LogP) is 3.35. The zero-order valence-corrected chi connectivity index (χ0v) is 29.9. The molecule has 0 radical (unpaired) electrons. The molecule has 0 spiro atoms. The maximum Gasteiger partial charge on any atom is 0.307 e. The van der Waals surface area contributed by atoms with E-state index in [1.807, 2.05) is 6.92 Å². The van der Waals surface area contributed by atoms with E-state index in [-0.39, 0.29) is 129 Å². The number of ether oxygens (including phenoxy) is 4. The number of nitrogens with two attached hydrogens (primary N) is 4. The third-order valence-electron chi connectivity index (χ3n) is 12.1. The lowest BCUT2D eigenvalue weighted by molar-refractivity contribution is -0.208. The lowest BCUT2D eigenvalue weighted by Crippen LogP contribution is -2.60. The molecule has 0 saturated heterocycles. The van der Waals surface area contributed by atoms with Crippen LogP contribution in [0.15, 0.2) is 0 Å². The second-order valence-electron chi connectivity index (χ2n) is 15.0. The minimum atomic E-state index is -0.396. The summed E-state index contributed by atoms with van der Waals surface area (Å²) in [5.74, 6) is -0.466. The molecule has 3 rings (SSSR count). The van der Waals surface area contributed by atoms with E-state index in [4.69, 9.17) is 41.9 Å². The van der Waals surface area contributed by atoms with Crippen LogP contribution in [0.5, 0.6) is 0 Å². The summed E-state index contributed by atoms with van der Waals surface area (Å²) in [5, 5.41) is 0. The summed E-state index contributed by atoms with van der Waals surface area (Å²) in [6.07, 6.45) is 6.89. The Morgan fingerprint density at radius 3 is 2.04 bits per heavy atom. The Morgan fingerprint density at radius 2 is 1.42 bits per heavy atom. The molecule has 8 N–H and O–H groups in total. The molecule has 0 heterocycles. The largest absolute Gasteiger partial charge is 0.464 e. The third-order valence-corrected chi connectivity index (χ3v) is 12.1. The van der Waals surface area contributed by atoms with Gasteiger partial charge in [-0.2, -0.15) is 0 Å². The zero-order chi connectivity index (χ0) is 35.5. The van der Waals surface area contributed by atoms with Gasteiger partial charge in [-0.05, 0) is 86.9 Å². The molecule has 0 bridgehead atoms. The number of hydrogen-bond donors (Lipinski definition) is 4. The maximum atomic E-state index is 13.1.